The molecule has 0 unspecified atom stereocenters. The normalized spacial score (nSPS) is 15.2. The van der Waals surface area contributed by atoms with E-state index in [-0.39, 0.29) is 5.91 Å². The average molecular weight is 438 g/mol. The third-order valence-electron chi connectivity index (χ3n) is 4.32. The number of hydrogen-bond acceptors (Lipinski definition) is 4. The first-order valence-electron chi connectivity index (χ1n) is 8.91. The first-order valence-corrected chi connectivity index (χ1v) is 10.5. The average Bonchev–Trinajstić information content (AvgIpc) is 3.01. The van der Waals surface area contributed by atoms with Crippen molar-refractivity contribution in [3.8, 4) is 5.75 Å². The number of para-hydroxylation sites is 1. The summed E-state index contributed by atoms with van der Waals surface area (Å²) >= 11 is 12.9. The molecule has 0 radical (unpaired) electrons. The lowest BCUT2D eigenvalue weighted by atomic mass is 10.2. The summed E-state index contributed by atoms with van der Waals surface area (Å²) in [5.74, 6) is 0.589. The molecule has 4 rings (SSSR count). The highest BCUT2D eigenvalue weighted by Gasteiger charge is 2.33. The predicted octanol–water partition coefficient (Wildman–Crippen LogP) is 6.32. The lowest BCUT2D eigenvalue weighted by Gasteiger charge is -2.13. The summed E-state index contributed by atoms with van der Waals surface area (Å²) in [5.41, 5.74) is 2.56. The number of halogens is 1. The van der Waals surface area contributed by atoms with Crippen molar-refractivity contribution >= 4 is 57.6 Å². The minimum atomic E-state index is -0.117. The number of benzene rings is 3. The third-order valence-corrected chi connectivity index (χ3v) is 5.99. The van der Waals surface area contributed by atoms with E-state index < -0.39 is 0 Å². The van der Waals surface area contributed by atoms with Crippen molar-refractivity contribution in [3.63, 3.8) is 0 Å². The van der Waals surface area contributed by atoms with E-state index in [1.807, 2.05) is 84.9 Å². The van der Waals surface area contributed by atoms with E-state index >= 15 is 0 Å². The van der Waals surface area contributed by atoms with Gasteiger partial charge in [0.2, 0.25) is 0 Å². The number of nitrogens with zero attached hydrogens (tertiary/aromatic N) is 1. The molecule has 0 spiro atoms. The molecule has 29 heavy (non-hydrogen) atoms. The molecule has 0 saturated carbocycles. The van der Waals surface area contributed by atoms with Gasteiger partial charge in [-0.2, -0.15) is 0 Å². The summed E-state index contributed by atoms with van der Waals surface area (Å²) in [4.78, 5) is 15.0. The maximum absolute atomic E-state index is 12.9. The summed E-state index contributed by atoms with van der Waals surface area (Å²) in [7, 11) is 0. The molecule has 0 aliphatic carbocycles. The topological polar surface area (TPSA) is 29.5 Å². The van der Waals surface area contributed by atoms with E-state index in [1.165, 1.54) is 11.8 Å². The number of amides is 1. The second kappa shape index (κ2) is 8.82. The van der Waals surface area contributed by atoms with Crippen LogP contribution in [0, 0.1) is 0 Å². The Morgan fingerprint density at radius 1 is 1.00 bits per heavy atom. The van der Waals surface area contributed by atoms with Crippen molar-refractivity contribution in [2.45, 2.75) is 6.61 Å². The highest BCUT2D eigenvalue weighted by molar-refractivity contribution is 8.27. The molecule has 3 nitrogen and oxygen atoms in total. The van der Waals surface area contributed by atoms with E-state index in [4.69, 9.17) is 28.6 Å². The van der Waals surface area contributed by atoms with Gasteiger partial charge in [-0.25, -0.2) is 0 Å². The molecule has 6 heteroatoms. The largest absolute Gasteiger partial charge is 0.489 e. The zero-order chi connectivity index (χ0) is 20.2. The molecule has 3 aromatic carbocycles. The Hall–Kier alpha value is -2.60. The Balaban J connectivity index is 1.51. The molecule has 144 valence electrons. The molecule has 1 heterocycles. The minimum Gasteiger partial charge on any atom is -0.489 e. The van der Waals surface area contributed by atoms with Gasteiger partial charge in [0, 0.05) is 10.6 Å². The van der Waals surface area contributed by atoms with Crippen LogP contribution in [0.25, 0.3) is 6.08 Å². The monoisotopic (exact) mass is 437 g/mol. The summed E-state index contributed by atoms with van der Waals surface area (Å²) in [6, 6.07) is 24.6. The van der Waals surface area contributed by atoms with E-state index in [1.54, 1.807) is 4.90 Å². The number of hydrogen-bond donors (Lipinski definition) is 0. The maximum atomic E-state index is 12.9. The SMILES string of the molecule is O=C1/C(=C/c2cccc(OCc3ccccc3Cl)c2)SC(=S)N1c1ccccc1. The van der Waals surface area contributed by atoms with Gasteiger partial charge in [-0.1, -0.05) is 84.1 Å². The highest BCUT2D eigenvalue weighted by Crippen LogP contribution is 2.36. The second-order valence-electron chi connectivity index (χ2n) is 6.31. The van der Waals surface area contributed by atoms with E-state index in [0.29, 0.717) is 26.6 Å². The van der Waals surface area contributed by atoms with Crippen molar-refractivity contribution in [1.29, 1.82) is 0 Å². The zero-order valence-electron chi connectivity index (χ0n) is 15.2. The van der Waals surface area contributed by atoms with Gasteiger partial charge >= 0.3 is 0 Å². The van der Waals surface area contributed by atoms with Crippen LogP contribution in [0.5, 0.6) is 5.75 Å². The minimum absolute atomic E-state index is 0.117. The first-order chi connectivity index (χ1) is 14.1. The Morgan fingerprint density at radius 3 is 2.55 bits per heavy atom. The Labute approximate surface area is 183 Å². The maximum Gasteiger partial charge on any atom is 0.270 e. The lowest BCUT2D eigenvalue weighted by molar-refractivity contribution is -0.113. The molecular formula is C23H16ClNO2S2. The van der Waals surface area contributed by atoms with Crippen LogP contribution in [0.3, 0.4) is 0 Å². The number of thiocarbonyl (C=S) groups is 1. The zero-order valence-corrected chi connectivity index (χ0v) is 17.6. The smallest absolute Gasteiger partial charge is 0.270 e. The molecule has 0 aromatic heterocycles. The van der Waals surface area contributed by atoms with Gasteiger partial charge < -0.3 is 4.74 Å². The van der Waals surface area contributed by atoms with Gasteiger partial charge in [0.05, 0.1) is 10.6 Å². The summed E-state index contributed by atoms with van der Waals surface area (Å²) in [6.07, 6.45) is 1.84. The molecule has 0 atom stereocenters. The predicted molar refractivity (Wildman–Crippen MR) is 124 cm³/mol. The first kappa shape index (κ1) is 19.7. The Bertz CT molecular complexity index is 1100. The van der Waals surface area contributed by atoms with Crippen LogP contribution in [0.4, 0.5) is 5.69 Å². The van der Waals surface area contributed by atoms with Crippen LogP contribution in [0.1, 0.15) is 11.1 Å². The van der Waals surface area contributed by atoms with Gasteiger partial charge in [0.15, 0.2) is 4.32 Å². The molecular weight excluding hydrogens is 422 g/mol. The van der Waals surface area contributed by atoms with Gasteiger partial charge in [-0.05, 0) is 42.0 Å². The number of ether oxygens (including phenoxy) is 1. The molecule has 0 N–H and O–H groups in total. The highest BCUT2D eigenvalue weighted by atomic mass is 35.5. The fourth-order valence-electron chi connectivity index (χ4n) is 2.89. The van der Waals surface area contributed by atoms with E-state index in [2.05, 4.69) is 0 Å². The van der Waals surface area contributed by atoms with Crippen LogP contribution in [-0.2, 0) is 11.4 Å². The molecule has 1 fully saturated rings. The van der Waals surface area contributed by atoms with Gasteiger partial charge in [-0.3, -0.25) is 9.69 Å². The fraction of sp³-hybridized carbons (Fsp3) is 0.0435. The molecule has 0 bridgehead atoms. The van der Waals surface area contributed by atoms with Crippen molar-refractivity contribution in [1.82, 2.24) is 0 Å². The van der Waals surface area contributed by atoms with Crippen molar-refractivity contribution < 1.29 is 9.53 Å². The molecule has 1 aliphatic rings. The van der Waals surface area contributed by atoms with Gasteiger partial charge in [0.25, 0.3) is 5.91 Å². The Morgan fingerprint density at radius 2 is 1.76 bits per heavy atom. The molecule has 3 aromatic rings. The number of carbonyl (C=O) groups excluding carboxylic acids is 1. The van der Waals surface area contributed by atoms with Crippen molar-refractivity contribution in [2.24, 2.45) is 0 Å². The van der Waals surface area contributed by atoms with Crippen LogP contribution in [-0.4, -0.2) is 10.2 Å². The van der Waals surface area contributed by atoms with E-state index in [0.717, 1.165) is 16.8 Å². The van der Waals surface area contributed by atoms with Crippen LogP contribution in [0.2, 0.25) is 5.02 Å². The number of rotatable bonds is 5. The number of thioether (sulfide) groups is 1. The summed E-state index contributed by atoms with van der Waals surface area (Å²) in [5, 5.41) is 0.674. The van der Waals surface area contributed by atoms with Crippen LogP contribution in [0.15, 0.2) is 83.8 Å². The molecule has 1 saturated heterocycles. The number of anilines is 1. The lowest BCUT2D eigenvalue weighted by Crippen LogP contribution is -2.27. The molecule has 1 amide bonds. The quantitative estimate of drug-likeness (QED) is 0.345. The van der Waals surface area contributed by atoms with Gasteiger partial charge in [-0.15, -0.1) is 0 Å². The fourth-order valence-corrected chi connectivity index (χ4v) is 4.38. The number of carbonyl (C=O) groups is 1. The Kier molecular flexibility index (Phi) is 6.00. The summed E-state index contributed by atoms with van der Waals surface area (Å²) < 4.78 is 6.40. The third kappa shape index (κ3) is 4.53. The van der Waals surface area contributed by atoms with Crippen molar-refractivity contribution in [3.05, 3.63) is 99.9 Å². The van der Waals surface area contributed by atoms with Crippen LogP contribution < -0.4 is 9.64 Å². The second-order valence-corrected chi connectivity index (χ2v) is 8.39. The molecule has 1 aliphatic heterocycles. The summed E-state index contributed by atoms with van der Waals surface area (Å²) in [6.45, 7) is 0.374. The van der Waals surface area contributed by atoms with E-state index in [9.17, 15) is 4.79 Å². The van der Waals surface area contributed by atoms with Crippen molar-refractivity contribution in [2.75, 3.05) is 4.90 Å². The van der Waals surface area contributed by atoms with Gasteiger partial charge in [0.1, 0.15) is 12.4 Å². The standard InChI is InChI=1S/C23H16ClNO2S2/c24-20-12-5-4-8-17(20)15-27-19-11-6-7-16(13-19)14-21-22(26)25(23(28)29-21)18-9-2-1-3-10-18/h1-14H,15H2/b21-14-. The van der Waals surface area contributed by atoms with Crippen LogP contribution >= 0.6 is 35.6 Å².